The number of amides is 1. The van der Waals surface area contributed by atoms with Crippen molar-refractivity contribution in [2.45, 2.75) is 45.6 Å². The molecule has 0 bridgehead atoms. The average Bonchev–Trinajstić information content (AvgIpc) is 3.15. The quantitative estimate of drug-likeness (QED) is 0.899. The van der Waals surface area contributed by atoms with E-state index in [0.29, 0.717) is 31.7 Å². The molecule has 0 saturated carbocycles. The largest absolute Gasteiger partial charge is 0.479 e. The molecular formula is C17H22N4O4. The predicted molar refractivity (Wildman–Crippen MR) is 88.1 cm³/mol. The molecule has 2 aromatic heterocycles. The van der Waals surface area contributed by atoms with E-state index in [2.05, 4.69) is 10.3 Å². The maximum absolute atomic E-state index is 12.6. The zero-order valence-electron chi connectivity index (χ0n) is 14.7. The summed E-state index contributed by atoms with van der Waals surface area (Å²) in [4.78, 5) is 26.2. The van der Waals surface area contributed by atoms with Crippen LogP contribution in [0.3, 0.4) is 0 Å². The molecule has 1 fully saturated rings. The highest BCUT2D eigenvalue weighted by Gasteiger charge is 2.45. The maximum atomic E-state index is 12.6. The average molecular weight is 346 g/mol. The summed E-state index contributed by atoms with van der Waals surface area (Å²) in [6.07, 6.45) is 4.28. The van der Waals surface area contributed by atoms with Crippen molar-refractivity contribution in [3.05, 3.63) is 35.0 Å². The van der Waals surface area contributed by atoms with Crippen LogP contribution in [0, 0.1) is 20.8 Å². The normalized spacial score (nSPS) is 16.8. The van der Waals surface area contributed by atoms with Crippen LogP contribution in [0.5, 0.6) is 0 Å². The lowest BCUT2D eigenvalue weighted by molar-refractivity contribution is -0.153. The fourth-order valence-electron chi connectivity index (χ4n) is 3.33. The van der Waals surface area contributed by atoms with Gasteiger partial charge in [0.2, 0.25) is 5.91 Å². The van der Waals surface area contributed by atoms with Gasteiger partial charge in [0.1, 0.15) is 5.76 Å². The van der Waals surface area contributed by atoms with E-state index in [1.54, 1.807) is 24.2 Å². The van der Waals surface area contributed by atoms with Crippen LogP contribution in [-0.4, -0.2) is 49.9 Å². The number of carbonyl (C=O) groups is 2. The number of piperidine rings is 1. The van der Waals surface area contributed by atoms with Gasteiger partial charge in [0.15, 0.2) is 5.54 Å². The summed E-state index contributed by atoms with van der Waals surface area (Å²) < 4.78 is 6.63. The fourth-order valence-corrected chi connectivity index (χ4v) is 3.33. The first-order valence-corrected chi connectivity index (χ1v) is 8.28. The molecule has 1 aliphatic rings. The van der Waals surface area contributed by atoms with Gasteiger partial charge in [-0.1, -0.05) is 5.16 Å². The first kappa shape index (κ1) is 17.2. The number of hydrogen-bond acceptors (Lipinski definition) is 5. The van der Waals surface area contributed by atoms with Crippen molar-refractivity contribution < 1.29 is 19.2 Å². The van der Waals surface area contributed by atoms with Crippen LogP contribution in [0.4, 0.5) is 0 Å². The van der Waals surface area contributed by atoms with Crippen molar-refractivity contribution in [2.24, 2.45) is 0 Å². The van der Waals surface area contributed by atoms with Gasteiger partial charge in [-0.25, -0.2) is 4.79 Å². The third-order valence-electron chi connectivity index (χ3n) is 5.00. The van der Waals surface area contributed by atoms with E-state index in [1.807, 2.05) is 13.8 Å². The molecule has 1 amide bonds. The van der Waals surface area contributed by atoms with Crippen molar-refractivity contribution in [2.75, 3.05) is 13.1 Å². The highest BCUT2D eigenvalue weighted by Crippen LogP contribution is 2.31. The highest BCUT2D eigenvalue weighted by molar-refractivity contribution is 5.81. The van der Waals surface area contributed by atoms with Gasteiger partial charge in [0.05, 0.1) is 18.3 Å². The standard InChI is InChI=1S/C17H22N4O4/c1-11-9-18-21(10-11)17(16(23)24)4-6-20(7-5-17)15(22)8-14-12(2)19-25-13(14)3/h9-10H,4-8H2,1-3H3,(H,23,24). The van der Waals surface area contributed by atoms with Gasteiger partial charge in [-0.3, -0.25) is 9.48 Å². The number of likely N-dealkylation sites (tertiary alicyclic amines) is 1. The molecule has 3 rings (SSSR count). The minimum Gasteiger partial charge on any atom is -0.479 e. The molecule has 0 aliphatic carbocycles. The Morgan fingerprint density at radius 2 is 1.96 bits per heavy atom. The van der Waals surface area contributed by atoms with Gasteiger partial charge in [-0.15, -0.1) is 0 Å². The predicted octanol–water partition coefficient (Wildman–Crippen LogP) is 1.44. The van der Waals surface area contributed by atoms with E-state index in [0.717, 1.165) is 16.8 Å². The molecule has 2 aromatic rings. The third kappa shape index (κ3) is 3.04. The van der Waals surface area contributed by atoms with Crippen LogP contribution in [0.25, 0.3) is 0 Å². The Morgan fingerprint density at radius 3 is 2.44 bits per heavy atom. The van der Waals surface area contributed by atoms with Crippen LogP contribution in [0.1, 0.15) is 35.4 Å². The molecule has 0 unspecified atom stereocenters. The Morgan fingerprint density at radius 1 is 1.28 bits per heavy atom. The second-order valence-corrected chi connectivity index (χ2v) is 6.66. The Hall–Kier alpha value is -2.64. The molecule has 0 atom stereocenters. The second kappa shape index (κ2) is 6.34. The van der Waals surface area contributed by atoms with Crippen LogP contribution in [0.15, 0.2) is 16.9 Å². The summed E-state index contributed by atoms with van der Waals surface area (Å²) in [5, 5.41) is 17.8. The second-order valence-electron chi connectivity index (χ2n) is 6.66. The van der Waals surface area contributed by atoms with Gasteiger partial charge in [0, 0.05) is 37.7 Å². The fraction of sp³-hybridized carbons (Fsp3) is 0.529. The lowest BCUT2D eigenvalue weighted by atomic mass is 9.87. The van der Waals surface area contributed by atoms with Crippen molar-refractivity contribution >= 4 is 11.9 Å². The molecule has 1 saturated heterocycles. The summed E-state index contributed by atoms with van der Waals surface area (Å²) in [7, 11) is 0. The van der Waals surface area contributed by atoms with Gasteiger partial charge in [-0.2, -0.15) is 5.10 Å². The SMILES string of the molecule is Cc1cnn(C2(C(=O)O)CCN(C(=O)Cc3c(C)noc3C)CC2)c1. The Kier molecular flexibility index (Phi) is 4.36. The number of aromatic nitrogens is 3. The summed E-state index contributed by atoms with van der Waals surface area (Å²) >= 11 is 0. The first-order chi connectivity index (χ1) is 11.8. The zero-order chi connectivity index (χ0) is 18.2. The molecule has 3 heterocycles. The van der Waals surface area contributed by atoms with Crippen LogP contribution in [0.2, 0.25) is 0 Å². The molecule has 0 spiro atoms. The Bertz CT molecular complexity index is 780. The summed E-state index contributed by atoms with van der Waals surface area (Å²) in [6, 6.07) is 0. The number of aryl methyl sites for hydroxylation is 3. The number of rotatable bonds is 4. The highest BCUT2D eigenvalue weighted by atomic mass is 16.5. The molecule has 8 heteroatoms. The monoisotopic (exact) mass is 346 g/mol. The number of nitrogens with zero attached hydrogens (tertiary/aromatic N) is 4. The van der Waals surface area contributed by atoms with E-state index in [1.165, 1.54) is 4.68 Å². The third-order valence-corrected chi connectivity index (χ3v) is 5.00. The van der Waals surface area contributed by atoms with E-state index in [9.17, 15) is 14.7 Å². The van der Waals surface area contributed by atoms with Gasteiger partial charge >= 0.3 is 5.97 Å². The minimum absolute atomic E-state index is 0.0370. The van der Waals surface area contributed by atoms with Crippen molar-refractivity contribution in [1.29, 1.82) is 0 Å². The van der Waals surface area contributed by atoms with Crippen LogP contribution in [-0.2, 0) is 21.5 Å². The van der Waals surface area contributed by atoms with E-state index in [-0.39, 0.29) is 12.3 Å². The van der Waals surface area contributed by atoms with Gasteiger partial charge in [0.25, 0.3) is 0 Å². The number of hydrogen-bond donors (Lipinski definition) is 1. The molecule has 1 aliphatic heterocycles. The number of carboxylic acids is 1. The minimum atomic E-state index is -1.09. The maximum Gasteiger partial charge on any atom is 0.331 e. The van der Waals surface area contributed by atoms with E-state index in [4.69, 9.17) is 4.52 Å². The van der Waals surface area contributed by atoms with Gasteiger partial charge < -0.3 is 14.5 Å². The lowest BCUT2D eigenvalue weighted by Gasteiger charge is -2.39. The van der Waals surface area contributed by atoms with Crippen molar-refractivity contribution in [3.63, 3.8) is 0 Å². The lowest BCUT2D eigenvalue weighted by Crippen LogP contribution is -2.52. The zero-order valence-corrected chi connectivity index (χ0v) is 14.7. The molecule has 0 radical (unpaired) electrons. The first-order valence-electron chi connectivity index (χ1n) is 8.28. The number of carbonyl (C=O) groups excluding carboxylic acids is 1. The van der Waals surface area contributed by atoms with Crippen LogP contribution < -0.4 is 0 Å². The summed E-state index contributed by atoms with van der Waals surface area (Å²) in [6.45, 7) is 6.24. The molecule has 25 heavy (non-hydrogen) atoms. The van der Waals surface area contributed by atoms with Crippen molar-refractivity contribution in [1.82, 2.24) is 19.8 Å². The number of carboxylic acid groups (broad SMARTS) is 1. The van der Waals surface area contributed by atoms with E-state index < -0.39 is 11.5 Å². The molecular weight excluding hydrogens is 324 g/mol. The Balaban J connectivity index is 1.72. The Labute approximate surface area is 145 Å². The summed E-state index contributed by atoms with van der Waals surface area (Å²) in [5.74, 6) is -0.298. The molecule has 0 aromatic carbocycles. The topological polar surface area (TPSA) is 101 Å². The molecule has 1 N–H and O–H groups in total. The molecule has 8 nitrogen and oxygen atoms in total. The molecule has 134 valence electrons. The number of aliphatic carboxylic acids is 1. The van der Waals surface area contributed by atoms with Crippen molar-refractivity contribution in [3.8, 4) is 0 Å². The smallest absolute Gasteiger partial charge is 0.331 e. The summed E-state index contributed by atoms with van der Waals surface area (Å²) in [5.41, 5.74) is 1.35. The van der Waals surface area contributed by atoms with E-state index >= 15 is 0 Å². The van der Waals surface area contributed by atoms with Crippen LogP contribution >= 0.6 is 0 Å². The van der Waals surface area contributed by atoms with Gasteiger partial charge in [-0.05, 0) is 26.3 Å².